The van der Waals surface area contributed by atoms with E-state index in [2.05, 4.69) is 50.3 Å². The fourth-order valence-electron chi connectivity index (χ4n) is 6.75. The molecule has 0 atom stereocenters. The maximum absolute atomic E-state index is 6.00. The summed E-state index contributed by atoms with van der Waals surface area (Å²) in [5.74, 6) is 4.84. The van der Waals surface area contributed by atoms with Gasteiger partial charge in [-0.3, -0.25) is 0 Å². The van der Waals surface area contributed by atoms with Gasteiger partial charge in [-0.15, -0.1) is 0 Å². The van der Waals surface area contributed by atoms with E-state index >= 15 is 0 Å². The Bertz CT molecular complexity index is 673. The SMILES string of the molecule is CCCCCC1CCC(C=CCOc2ccc(CCCCC3CCC(CCCCC)CC3)cc2)CC1. The molecule has 2 saturated carbocycles. The third-order valence-corrected chi connectivity index (χ3v) is 9.30. The summed E-state index contributed by atoms with van der Waals surface area (Å²) in [5.41, 5.74) is 1.47. The van der Waals surface area contributed by atoms with Gasteiger partial charge in [0.15, 0.2) is 0 Å². The Balaban J connectivity index is 1.20. The summed E-state index contributed by atoms with van der Waals surface area (Å²) in [7, 11) is 0. The fourth-order valence-corrected chi connectivity index (χ4v) is 6.75. The van der Waals surface area contributed by atoms with E-state index in [1.165, 1.54) is 134 Å². The van der Waals surface area contributed by atoms with Crippen molar-refractivity contribution in [1.82, 2.24) is 0 Å². The van der Waals surface area contributed by atoms with Gasteiger partial charge in [-0.1, -0.05) is 128 Å². The highest BCUT2D eigenvalue weighted by molar-refractivity contribution is 5.27. The number of hydrogen-bond donors (Lipinski definition) is 0. The zero-order chi connectivity index (χ0) is 25.3. The summed E-state index contributed by atoms with van der Waals surface area (Å²) in [5, 5.41) is 0. The Labute approximate surface area is 224 Å². The molecule has 0 radical (unpaired) electrons. The second kappa shape index (κ2) is 18.1. The molecule has 0 N–H and O–H groups in total. The first-order chi connectivity index (χ1) is 17.8. The monoisotopic (exact) mass is 494 g/mol. The van der Waals surface area contributed by atoms with Gasteiger partial charge in [0.2, 0.25) is 0 Å². The number of benzene rings is 1. The summed E-state index contributed by atoms with van der Waals surface area (Å²) < 4.78 is 6.00. The van der Waals surface area contributed by atoms with E-state index in [4.69, 9.17) is 4.74 Å². The maximum atomic E-state index is 6.00. The number of ether oxygens (including phenoxy) is 1. The molecule has 0 heterocycles. The standard InChI is InChI=1S/C35H58O/c1-3-5-7-12-30-17-19-32(20-18-30)14-9-10-15-33-25-27-35(28-26-33)36-29-11-16-34-23-21-31(22-24-34)13-8-6-4-2/h11,16,25-28,30-32,34H,3-10,12-15,17-24,29H2,1-2H3. The van der Waals surface area contributed by atoms with Crippen molar-refractivity contribution in [3.8, 4) is 5.75 Å². The van der Waals surface area contributed by atoms with Crippen LogP contribution < -0.4 is 4.74 Å². The molecule has 2 fully saturated rings. The predicted molar refractivity (Wildman–Crippen MR) is 158 cm³/mol. The largest absolute Gasteiger partial charge is 0.490 e. The van der Waals surface area contributed by atoms with Gasteiger partial charge in [0.25, 0.3) is 0 Å². The number of allylic oxidation sites excluding steroid dienone is 1. The quantitative estimate of drug-likeness (QED) is 0.154. The van der Waals surface area contributed by atoms with Crippen molar-refractivity contribution in [3.05, 3.63) is 42.0 Å². The minimum atomic E-state index is 0.705. The molecule has 1 aromatic rings. The lowest BCUT2D eigenvalue weighted by Gasteiger charge is -2.28. The van der Waals surface area contributed by atoms with Gasteiger partial charge in [0.1, 0.15) is 12.4 Å². The van der Waals surface area contributed by atoms with E-state index in [0.717, 1.165) is 29.4 Å². The summed E-state index contributed by atoms with van der Waals surface area (Å²) in [6, 6.07) is 8.90. The van der Waals surface area contributed by atoms with E-state index in [-0.39, 0.29) is 0 Å². The van der Waals surface area contributed by atoms with Crippen molar-refractivity contribution in [2.24, 2.45) is 23.7 Å². The Morgan fingerprint density at radius 1 is 0.639 bits per heavy atom. The van der Waals surface area contributed by atoms with Gasteiger partial charge < -0.3 is 4.74 Å². The van der Waals surface area contributed by atoms with Crippen LogP contribution in [-0.4, -0.2) is 6.61 Å². The predicted octanol–water partition coefficient (Wildman–Crippen LogP) is 11.1. The number of hydrogen-bond acceptors (Lipinski definition) is 1. The molecule has 3 rings (SSSR count). The summed E-state index contributed by atoms with van der Waals surface area (Å²) in [6.45, 7) is 5.33. The molecule has 0 spiro atoms. The van der Waals surface area contributed by atoms with Crippen LogP contribution in [0.15, 0.2) is 36.4 Å². The van der Waals surface area contributed by atoms with Gasteiger partial charge in [0, 0.05) is 0 Å². The number of rotatable bonds is 17. The third kappa shape index (κ3) is 11.9. The molecule has 204 valence electrons. The minimum Gasteiger partial charge on any atom is -0.490 e. The highest BCUT2D eigenvalue weighted by Crippen LogP contribution is 2.35. The van der Waals surface area contributed by atoms with Gasteiger partial charge in [-0.2, -0.15) is 0 Å². The average Bonchev–Trinajstić information content (AvgIpc) is 2.92. The van der Waals surface area contributed by atoms with E-state index in [9.17, 15) is 0 Å². The Morgan fingerprint density at radius 2 is 1.14 bits per heavy atom. The number of aryl methyl sites for hydroxylation is 1. The molecule has 0 aromatic heterocycles. The normalized spacial score (nSPS) is 24.8. The van der Waals surface area contributed by atoms with Crippen LogP contribution in [0.25, 0.3) is 0 Å². The van der Waals surface area contributed by atoms with Crippen LogP contribution in [-0.2, 0) is 6.42 Å². The third-order valence-electron chi connectivity index (χ3n) is 9.30. The van der Waals surface area contributed by atoms with Gasteiger partial charge in [-0.25, -0.2) is 0 Å². The van der Waals surface area contributed by atoms with Crippen molar-refractivity contribution in [1.29, 1.82) is 0 Å². The zero-order valence-corrected chi connectivity index (χ0v) is 24.0. The Morgan fingerprint density at radius 3 is 1.67 bits per heavy atom. The molecule has 0 aliphatic heterocycles. The average molecular weight is 495 g/mol. The molecule has 2 aliphatic carbocycles. The zero-order valence-electron chi connectivity index (χ0n) is 24.0. The second-order valence-electron chi connectivity index (χ2n) is 12.3. The van der Waals surface area contributed by atoms with Crippen LogP contribution >= 0.6 is 0 Å². The van der Waals surface area contributed by atoms with Crippen LogP contribution in [0.5, 0.6) is 5.75 Å². The van der Waals surface area contributed by atoms with E-state index in [1.807, 2.05) is 0 Å². The Kier molecular flexibility index (Phi) is 14.7. The van der Waals surface area contributed by atoms with E-state index in [1.54, 1.807) is 0 Å². The molecule has 1 heteroatoms. The highest BCUT2D eigenvalue weighted by Gasteiger charge is 2.20. The van der Waals surface area contributed by atoms with Crippen molar-refractivity contribution in [3.63, 3.8) is 0 Å². The summed E-state index contributed by atoms with van der Waals surface area (Å²) in [4.78, 5) is 0. The van der Waals surface area contributed by atoms with E-state index < -0.39 is 0 Å². The first-order valence-corrected chi connectivity index (χ1v) is 16.1. The van der Waals surface area contributed by atoms with Crippen LogP contribution in [0.4, 0.5) is 0 Å². The van der Waals surface area contributed by atoms with Gasteiger partial charge in [0.05, 0.1) is 0 Å². The fraction of sp³-hybridized carbons (Fsp3) is 0.771. The topological polar surface area (TPSA) is 9.23 Å². The van der Waals surface area contributed by atoms with E-state index in [0.29, 0.717) is 6.61 Å². The van der Waals surface area contributed by atoms with Gasteiger partial charge >= 0.3 is 0 Å². The van der Waals surface area contributed by atoms with Crippen LogP contribution in [0.3, 0.4) is 0 Å². The lowest BCUT2D eigenvalue weighted by atomic mass is 9.78. The van der Waals surface area contributed by atoms with Gasteiger partial charge in [-0.05, 0) is 79.9 Å². The molecule has 2 aliphatic rings. The van der Waals surface area contributed by atoms with Crippen LogP contribution in [0, 0.1) is 23.7 Å². The Hall–Kier alpha value is -1.24. The van der Waals surface area contributed by atoms with Crippen LogP contribution in [0.1, 0.15) is 141 Å². The second-order valence-corrected chi connectivity index (χ2v) is 12.3. The molecule has 1 aromatic carbocycles. The first kappa shape index (κ1) is 29.3. The maximum Gasteiger partial charge on any atom is 0.119 e. The molecular weight excluding hydrogens is 436 g/mol. The molecule has 0 bridgehead atoms. The lowest BCUT2D eigenvalue weighted by molar-refractivity contribution is 0.245. The lowest BCUT2D eigenvalue weighted by Crippen LogP contribution is -2.14. The smallest absolute Gasteiger partial charge is 0.119 e. The van der Waals surface area contributed by atoms with Crippen molar-refractivity contribution < 1.29 is 4.74 Å². The number of unbranched alkanes of at least 4 members (excludes halogenated alkanes) is 5. The summed E-state index contributed by atoms with van der Waals surface area (Å²) >= 11 is 0. The highest BCUT2D eigenvalue weighted by atomic mass is 16.5. The van der Waals surface area contributed by atoms with Crippen molar-refractivity contribution in [2.45, 2.75) is 142 Å². The molecule has 0 unspecified atom stereocenters. The minimum absolute atomic E-state index is 0.705. The first-order valence-electron chi connectivity index (χ1n) is 16.1. The summed E-state index contributed by atoms with van der Waals surface area (Å²) in [6.07, 6.45) is 33.1. The molecule has 0 saturated heterocycles. The molecule has 1 nitrogen and oxygen atoms in total. The van der Waals surface area contributed by atoms with Crippen molar-refractivity contribution >= 4 is 0 Å². The molecule has 36 heavy (non-hydrogen) atoms. The van der Waals surface area contributed by atoms with Crippen LogP contribution in [0.2, 0.25) is 0 Å². The molecular formula is C35H58O. The van der Waals surface area contributed by atoms with Crippen molar-refractivity contribution in [2.75, 3.05) is 6.61 Å². The molecule has 0 amide bonds.